The highest BCUT2D eigenvalue weighted by Gasteiger charge is 2.10. The number of aryl methyl sites for hydroxylation is 1. The van der Waals surface area contributed by atoms with Gasteiger partial charge in [-0.2, -0.15) is 4.98 Å². The van der Waals surface area contributed by atoms with Crippen LogP contribution >= 0.6 is 22.9 Å². The van der Waals surface area contributed by atoms with E-state index in [1.54, 1.807) is 30.5 Å². The van der Waals surface area contributed by atoms with Gasteiger partial charge < -0.3 is 15.2 Å². The van der Waals surface area contributed by atoms with Gasteiger partial charge in [0.15, 0.2) is 5.96 Å². The highest BCUT2D eigenvalue weighted by molar-refractivity contribution is 7.11. The summed E-state index contributed by atoms with van der Waals surface area (Å²) in [7, 11) is 1.70. The van der Waals surface area contributed by atoms with E-state index >= 15 is 0 Å². The van der Waals surface area contributed by atoms with Crippen molar-refractivity contribution in [1.82, 2.24) is 25.8 Å². The lowest BCUT2D eigenvalue weighted by Gasteiger charge is -2.08. The van der Waals surface area contributed by atoms with E-state index in [1.807, 2.05) is 25.3 Å². The first-order valence-corrected chi connectivity index (χ1v) is 8.78. The maximum Gasteiger partial charge on any atom is 0.246 e. The highest BCUT2D eigenvalue weighted by atomic mass is 35.5. The van der Waals surface area contributed by atoms with E-state index < -0.39 is 0 Å². The molecular formula is C16H17ClN6OS. The number of rotatable bonds is 5. The first-order valence-electron chi connectivity index (χ1n) is 7.58. The van der Waals surface area contributed by atoms with Gasteiger partial charge in [-0.1, -0.05) is 28.9 Å². The number of benzene rings is 1. The number of nitrogens with zero attached hydrogens (tertiary/aromatic N) is 4. The van der Waals surface area contributed by atoms with Gasteiger partial charge in [-0.3, -0.25) is 4.99 Å². The summed E-state index contributed by atoms with van der Waals surface area (Å²) in [6.07, 6.45) is 1.85. The predicted octanol–water partition coefficient (Wildman–Crippen LogP) is 3.02. The lowest BCUT2D eigenvalue weighted by Crippen LogP contribution is -2.36. The number of halogens is 1. The van der Waals surface area contributed by atoms with Crippen molar-refractivity contribution in [2.75, 3.05) is 7.05 Å². The molecule has 7 nitrogen and oxygen atoms in total. The summed E-state index contributed by atoms with van der Waals surface area (Å²) in [5.74, 6) is 1.60. The molecule has 2 aromatic heterocycles. The van der Waals surface area contributed by atoms with E-state index in [-0.39, 0.29) is 0 Å². The van der Waals surface area contributed by atoms with Crippen molar-refractivity contribution in [2.45, 2.75) is 20.0 Å². The Morgan fingerprint density at radius 3 is 2.88 bits per heavy atom. The fourth-order valence-electron chi connectivity index (χ4n) is 2.09. The Bertz CT molecular complexity index is 875. The number of guanidine groups is 1. The molecule has 0 aliphatic rings. The van der Waals surface area contributed by atoms with Crippen LogP contribution in [0.2, 0.25) is 5.02 Å². The van der Waals surface area contributed by atoms with Crippen molar-refractivity contribution >= 4 is 28.9 Å². The fraction of sp³-hybridized carbons (Fsp3) is 0.250. The third kappa shape index (κ3) is 4.77. The van der Waals surface area contributed by atoms with Crippen LogP contribution in [-0.4, -0.2) is 28.1 Å². The van der Waals surface area contributed by atoms with Gasteiger partial charge in [-0.15, -0.1) is 11.3 Å². The minimum Gasteiger partial charge on any atom is -0.350 e. The number of nitrogens with one attached hydrogen (secondary N) is 2. The second-order valence-electron chi connectivity index (χ2n) is 5.17. The van der Waals surface area contributed by atoms with Crippen molar-refractivity contribution < 1.29 is 4.52 Å². The Morgan fingerprint density at radius 1 is 1.32 bits per heavy atom. The average Bonchev–Trinajstić information content (AvgIpc) is 3.24. The number of aromatic nitrogens is 3. The fourth-order valence-corrected chi connectivity index (χ4v) is 3.01. The van der Waals surface area contributed by atoms with Crippen molar-refractivity contribution in [1.29, 1.82) is 0 Å². The summed E-state index contributed by atoms with van der Waals surface area (Å²) in [4.78, 5) is 14.0. The predicted molar refractivity (Wildman–Crippen MR) is 98.6 cm³/mol. The normalized spacial score (nSPS) is 11.6. The van der Waals surface area contributed by atoms with Crippen LogP contribution in [0, 0.1) is 6.92 Å². The molecule has 0 bridgehead atoms. The quantitative estimate of drug-likeness (QED) is 0.525. The Hall–Kier alpha value is -2.45. The minimum absolute atomic E-state index is 0.365. The SMILES string of the molecule is CN=C(NCc1nc(-c2cccc(Cl)c2)no1)NCc1ncc(C)s1. The number of hydrogen-bond acceptors (Lipinski definition) is 6. The van der Waals surface area contributed by atoms with Gasteiger partial charge >= 0.3 is 0 Å². The highest BCUT2D eigenvalue weighted by Crippen LogP contribution is 2.19. The Kier molecular flexibility index (Phi) is 5.62. The molecule has 0 saturated carbocycles. The third-order valence-electron chi connectivity index (χ3n) is 3.26. The van der Waals surface area contributed by atoms with E-state index in [1.165, 1.54) is 4.88 Å². The zero-order valence-electron chi connectivity index (χ0n) is 13.8. The van der Waals surface area contributed by atoms with Crippen LogP contribution in [0.15, 0.2) is 40.0 Å². The van der Waals surface area contributed by atoms with Gasteiger partial charge in [-0.25, -0.2) is 4.98 Å². The molecule has 0 fully saturated rings. The van der Waals surface area contributed by atoms with Crippen LogP contribution in [0.3, 0.4) is 0 Å². The largest absolute Gasteiger partial charge is 0.350 e. The molecule has 0 aliphatic carbocycles. The molecule has 0 atom stereocenters. The zero-order valence-corrected chi connectivity index (χ0v) is 15.4. The summed E-state index contributed by atoms with van der Waals surface area (Å²) >= 11 is 7.63. The second kappa shape index (κ2) is 8.09. The van der Waals surface area contributed by atoms with Crippen molar-refractivity contribution in [3.8, 4) is 11.4 Å². The summed E-state index contributed by atoms with van der Waals surface area (Å²) in [6.45, 7) is 3.00. The molecule has 130 valence electrons. The van der Waals surface area contributed by atoms with Crippen molar-refractivity contribution in [3.63, 3.8) is 0 Å². The molecule has 0 spiro atoms. The molecule has 3 aromatic rings. The van der Waals surface area contributed by atoms with Crippen LogP contribution in [0.25, 0.3) is 11.4 Å². The first-order chi connectivity index (χ1) is 12.1. The molecule has 2 heterocycles. The molecule has 2 N–H and O–H groups in total. The van der Waals surface area contributed by atoms with Gasteiger partial charge in [0, 0.05) is 28.7 Å². The van der Waals surface area contributed by atoms with Crippen LogP contribution in [0.5, 0.6) is 0 Å². The zero-order chi connectivity index (χ0) is 17.6. The van der Waals surface area contributed by atoms with E-state index in [9.17, 15) is 0 Å². The maximum absolute atomic E-state index is 5.98. The topological polar surface area (TPSA) is 88.2 Å². The minimum atomic E-state index is 0.365. The third-order valence-corrected chi connectivity index (χ3v) is 4.41. The van der Waals surface area contributed by atoms with Crippen LogP contribution in [0.1, 0.15) is 15.8 Å². The molecule has 0 amide bonds. The van der Waals surface area contributed by atoms with Crippen LogP contribution in [-0.2, 0) is 13.1 Å². The molecule has 0 radical (unpaired) electrons. The molecule has 0 saturated heterocycles. The smallest absolute Gasteiger partial charge is 0.246 e. The molecule has 0 aliphatic heterocycles. The van der Waals surface area contributed by atoms with Gasteiger partial charge in [0.2, 0.25) is 11.7 Å². The Balaban J connectivity index is 1.55. The van der Waals surface area contributed by atoms with Gasteiger partial charge in [0.1, 0.15) is 5.01 Å². The van der Waals surface area contributed by atoms with E-state index in [4.69, 9.17) is 16.1 Å². The maximum atomic E-state index is 5.98. The molecule has 1 aromatic carbocycles. The van der Waals surface area contributed by atoms with Gasteiger partial charge in [-0.05, 0) is 19.1 Å². The average molecular weight is 377 g/mol. The second-order valence-corrected chi connectivity index (χ2v) is 6.92. The molecule has 3 rings (SSSR count). The monoisotopic (exact) mass is 376 g/mol. The first kappa shape index (κ1) is 17.4. The standard InChI is InChI=1S/C16H17ClN6OS/c1-10-7-19-14(25-10)9-21-16(18-2)20-8-13-22-15(23-24-13)11-4-3-5-12(17)6-11/h3-7H,8-9H2,1-2H3,(H2,18,20,21). The summed E-state index contributed by atoms with van der Waals surface area (Å²) in [6, 6.07) is 7.32. The van der Waals surface area contributed by atoms with Gasteiger partial charge in [0.05, 0.1) is 13.1 Å². The summed E-state index contributed by atoms with van der Waals surface area (Å²) in [5, 5.41) is 11.9. The summed E-state index contributed by atoms with van der Waals surface area (Å²) < 4.78 is 5.26. The van der Waals surface area contributed by atoms with Crippen molar-refractivity contribution in [2.24, 2.45) is 4.99 Å². The lowest BCUT2D eigenvalue weighted by atomic mass is 10.2. The van der Waals surface area contributed by atoms with Crippen LogP contribution < -0.4 is 10.6 Å². The van der Waals surface area contributed by atoms with Crippen molar-refractivity contribution in [3.05, 3.63) is 51.3 Å². The molecule has 25 heavy (non-hydrogen) atoms. The Morgan fingerprint density at radius 2 is 2.16 bits per heavy atom. The van der Waals surface area contributed by atoms with Crippen LogP contribution in [0.4, 0.5) is 0 Å². The van der Waals surface area contributed by atoms with Gasteiger partial charge in [0.25, 0.3) is 0 Å². The number of hydrogen-bond donors (Lipinski definition) is 2. The van der Waals surface area contributed by atoms with E-state index in [0.717, 1.165) is 10.6 Å². The number of aliphatic imine (C=N–C) groups is 1. The lowest BCUT2D eigenvalue weighted by molar-refractivity contribution is 0.375. The molecule has 0 unspecified atom stereocenters. The van der Waals surface area contributed by atoms with E-state index in [2.05, 4.69) is 30.8 Å². The Labute approximate surface area is 154 Å². The number of thiazole rings is 1. The molecule has 9 heteroatoms. The molecular weight excluding hydrogens is 360 g/mol. The van der Waals surface area contributed by atoms with E-state index in [0.29, 0.717) is 35.8 Å². The summed E-state index contributed by atoms with van der Waals surface area (Å²) in [5.41, 5.74) is 0.809.